The number of epoxide rings is 1. The van der Waals surface area contributed by atoms with Gasteiger partial charge in [-0.05, 0) is 12.1 Å². The molecule has 0 saturated carbocycles. The third kappa shape index (κ3) is 8.19. The fourth-order valence-electron chi connectivity index (χ4n) is 1.93. The van der Waals surface area contributed by atoms with Crippen molar-refractivity contribution in [2.24, 2.45) is 0 Å². The van der Waals surface area contributed by atoms with Gasteiger partial charge >= 0.3 is 11.9 Å². The van der Waals surface area contributed by atoms with E-state index in [4.69, 9.17) is 28.1 Å². The van der Waals surface area contributed by atoms with Crippen molar-refractivity contribution < 1.29 is 47.9 Å². The number of hydrogen-bond acceptors (Lipinski definition) is 10. The van der Waals surface area contributed by atoms with Crippen LogP contribution in [0.1, 0.15) is 21.1 Å². The Bertz CT molecular complexity index is 636. The fourth-order valence-corrected chi connectivity index (χ4v) is 1.93. The molecule has 10 nitrogen and oxygen atoms in total. The first-order chi connectivity index (χ1) is 13.5. The maximum absolute atomic E-state index is 11.9. The van der Waals surface area contributed by atoms with Crippen molar-refractivity contribution in [3.05, 3.63) is 36.3 Å². The molecule has 1 aromatic rings. The molecule has 3 atom stereocenters. The molecule has 0 spiro atoms. The van der Waals surface area contributed by atoms with Crippen molar-refractivity contribution in [3.8, 4) is 0 Å². The molecule has 2 N–H and O–H groups in total. The Morgan fingerprint density at radius 2 is 1.61 bits per heavy atom. The SMILES string of the molecule is C=CCOCC(O)COC(=O)c1ccc(C(=O)OCC(O)COCC2CO2)o1. The lowest BCUT2D eigenvalue weighted by molar-refractivity contribution is -0.0150. The summed E-state index contributed by atoms with van der Waals surface area (Å²) < 4.78 is 30.0. The second-order valence-corrected chi connectivity index (χ2v) is 5.99. The van der Waals surface area contributed by atoms with Crippen LogP contribution in [-0.2, 0) is 23.7 Å². The van der Waals surface area contributed by atoms with E-state index >= 15 is 0 Å². The van der Waals surface area contributed by atoms with E-state index in [9.17, 15) is 19.8 Å². The molecule has 156 valence electrons. The predicted molar refractivity (Wildman–Crippen MR) is 92.9 cm³/mol. The zero-order chi connectivity index (χ0) is 20.4. The highest BCUT2D eigenvalue weighted by molar-refractivity contribution is 5.90. The second-order valence-electron chi connectivity index (χ2n) is 5.99. The Morgan fingerprint density at radius 3 is 2.11 bits per heavy atom. The zero-order valence-electron chi connectivity index (χ0n) is 15.3. The highest BCUT2D eigenvalue weighted by Gasteiger charge is 2.23. The average molecular weight is 400 g/mol. The van der Waals surface area contributed by atoms with Crippen LogP contribution in [-0.4, -0.2) is 86.7 Å². The molecule has 0 aromatic carbocycles. The Labute approximate surface area is 161 Å². The summed E-state index contributed by atoms with van der Waals surface area (Å²) in [6.07, 6.45) is -0.389. The summed E-state index contributed by atoms with van der Waals surface area (Å²) in [5.74, 6) is -2.14. The summed E-state index contributed by atoms with van der Waals surface area (Å²) in [7, 11) is 0. The molecule has 10 heteroatoms. The summed E-state index contributed by atoms with van der Waals surface area (Å²) in [4.78, 5) is 23.7. The van der Waals surface area contributed by atoms with Crippen LogP contribution in [0.15, 0.2) is 29.2 Å². The molecule has 0 amide bonds. The largest absolute Gasteiger partial charge is 0.457 e. The van der Waals surface area contributed by atoms with Gasteiger partial charge in [0.15, 0.2) is 0 Å². The number of aliphatic hydroxyl groups is 2. The van der Waals surface area contributed by atoms with E-state index in [-0.39, 0.29) is 50.7 Å². The molecule has 1 aliphatic rings. The lowest BCUT2D eigenvalue weighted by Crippen LogP contribution is -2.24. The third-order valence-electron chi connectivity index (χ3n) is 3.38. The lowest BCUT2D eigenvalue weighted by Gasteiger charge is -2.11. The summed E-state index contributed by atoms with van der Waals surface area (Å²) in [6.45, 7) is 4.16. The Kier molecular flexibility index (Phi) is 9.11. The van der Waals surface area contributed by atoms with Gasteiger partial charge in [-0.3, -0.25) is 0 Å². The van der Waals surface area contributed by atoms with E-state index < -0.39 is 24.1 Å². The van der Waals surface area contributed by atoms with Crippen LogP contribution < -0.4 is 0 Å². The van der Waals surface area contributed by atoms with E-state index in [0.717, 1.165) is 0 Å². The topological polar surface area (TPSA) is 137 Å². The van der Waals surface area contributed by atoms with Crippen molar-refractivity contribution in [2.45, 2.75) is 18.3 Å². The molecule has 0 radical (unpaired) electrons. The van der Waals surface area contributed by atoms with Crippen LogP contribution in [0, 0.1) is 0 Å². The van der Waals surface area contributed by atoms with Gasteiger partial charge in [-0.1, -0.05) is 6.08 Å². The number of ether oxygens (including phenoxy) is 5. The van der Waals surface area contributed by atoms with Crippen LogP contribution >= 0.6 is 0 Å². The first-order valence-electron chi connectivity index (χ1n) is 8.67. The van der Waals surface area contributed by atoms with Crippen molar-refractivity contribution >= 4 is 11.9 Å². The number of carbonyl (C=O) groups excluding carboxylic acids is 2. The van der Waals surface area contributed by atoms with Crippen LogP contribution in [0.3, 0.4) is 0 Å². The second kappa shape index (κ2) is 11.6. The maximum atomic E-state index is 11.9. The molecular formula is C18H24O10. The standard InChI is InChI=1S/C18H24O10/c1-2-5-23-6-12(19)8-26-17(21)15-3-4-16(28-15)18(22)27-9-13(20)7-24-10-14-11-25-14/h2-4,12-14,19-20H,1,5-11H2. The van der Waals surface area contributed by atoms with Gasteiger partial charge in [-0.2, -0.15) is 0 Å². The van der Waals surface area contributed by atoms with Gasteiger partial charge < -0.3 is 38.3 Å². The minimum atomic E-state index is -1.00. The monoisotopic (exact) mass is 400 g/mol. The predicted octanol–water partition coefficient (Wildman–Crippen LogP) is -0.0670. The molecule has 1 aromatic heterocycles. The molecule has 1 saturated heterocycles. The van der Waals surface area contributed by atoms with E-state index in [1.807, 2.05) is 0 Å². The molecule has 2 rings (SSSR count). The highest BCUT2D eigenvalue weighted by atomic mass is 16.6. The molecule has 28 heavy (non-hydrogen) atoms. The van der Waals surface area contributed by atoms with Crippen LogP contribution in [0.25, 0.3) is 0 Å². The van der Waals surface area contributed by atoms with Crippen LogP contribution in [0.2, 0.25) is 0 Å². The number of carbonyl (C=O) groups is 2. The van der Waals surface area contributed by atoms with Gasteiger partial charge in [0.05, 0.1) is 33.0 Å². The van der Waals surface area contributed by atoms with Gasteiger partial charge in [-0.15, -0.1) is 6.58 Å². The number of rotatable bonds is 14. The van der Waals surface area contributed by atoms with Crippen molar-refractivity contribution in [3.63, 3.8) is 0 Å². The molecule has 1 fully saturated rings. The van der Waals surface area contributed by atoms with Crippen molar-refractivity contribution in [2.75, 3.05) is 46.2 Å². The number of furan rings is 1. The van der Waals surface area contributed by atoms with E-state index in [1.165, 1.54) is 18.2 Å². The highest BCUT2D eigenvalue weighted by Crippen LogP contribution is 2.12. The molecule has 1 aliphatic heterocycles. The van der Waals surface area contributed by atoms with Gasteiger partial charge in [0, 0.05) is 0 Å². The summed E-state index contributed by atoms with van der Waals surface area (Å²) >= 11 is 0. The minimum Gasteiger partial charge on any atom is -0.457 e. The molecule has 3 unspecified atom stereocenters. The Balaban J connectivity index is 1.66. The van der Waals surface area contributed by atoms with Crippen LogP contribution in [0.4, 0.5) is 0 Å². The van der Waals surface area contributed by atoms with Crippen molar-refractivity contribution in [1.29, 1.82) is 0 Å². The average Bonchev–Trinajstić information content (AvgIpc) is 3.37. The number of esters is 2. The van der Waals surface area contributed by atoms with Gasteiger partial charge in [0.25, 0.3) is 0 Å². The summed E-state index contributed by atoms with van der Waals surface area (Å²) in [6, 6.07) is 2.49. The van der Waals surface area contributed by atoms with Crippen molar-refractivity contribution in [1.82, 2.24) is 0 Å². The Morgan fingerprint density at radius 1 is 1.07 bits per heavy atom. The minimum absolute atomic E-state index is 0.00170. The number of hydrogen-bond donors (Lipinski definition) is 2. The first-order valence-corrected chi connectivity index (χ1v) is 8.67. The maximum Gasteiger partial charge on any atom is 0.374 e. The van der Waals surface area contributed by atoms with E-state index in [0.29, 0.717) is 13.2 Å². The van der Waals surface area contributed by atoms with E-state index in [2.05, 4.69) is 6.58 Å². The number of aliphatic hydroxyl groups excluding tert-OH is 2. The third-order valence-corrected chi connectivity index (χ3v) is 3.38. The first kappa shape index (κ1) is 22.1. The summed E-state index contributed by atoms with van der Waals surface area (Å²) in [5.41, 5.74) is 0. The quantitative estimate of drug-likeness (QED) is 0.189. The fraction of sp³-hybridized carbons (Fsp3) is 0.556. The molecule has 0 bridgehead atoms. The molecule has 0 aliphatic carbocycles. The van der Waals surface area contributed by atoms with Crippen LogP contribution in [0.5, 0.6) is 0 Å². The van der Waals surface area contributed by atoms with Gasteiger partial charge in [0.2, 0.25) is 11.5 Å². The zero-order valence-corrected chi connectivity index (χ0v) is 15.3. The van der Waals surface area contributed by atoms with Gasteiger partial charge in [-0.25, -0.2) is 9.59 Å². The molecule has 2 heterocycles. The normalized spacial score (nSPS) is 17.6. The van der Waals surface area contributed by atoms with E-state index in [1.54, 1.807) is 0 Å². The lowest BCUT2D eigenvalue weighted by atomic mass is 10.4. The molecular weight excluding hydrogens is 376 g/mol. The summed E-state index contributed by atoms with van der Waals surface area (Å²) in [5, 5.41) is 19.3. The smallest absolute Gasteiger partial charge is 0.374 e. The van der Waals surface area contributed by atoms with Gasteiger partial charge in [0.1, 0.15) is 31.5 Å². The Hall–Kier alpha value is -2.24.